The van der Waals surface area contributed by atoms with Crippen LogP contribution >= 0.6 is 15.9 Å². The average Bonchev–Trinajstić information content (AvgIpc) is 2.81. The van der Waals surface area contributed by atoms with E-state index in [4.69, 9.17) is 0 Å². The molecule has 1 aromatic heterocycles. The molecule has 2 rings (SSSR count). The molecular formula is C14H17BrN4O3S. The van der Waals surface area contributed by atoms with Crippen LogP contribution in [0.15, 0.2) is 28.7 Å². The minimum atomic E-state index is -3.45. The van der Waals surface area contributed by atoms with Crippen molar-refractivity contribution in [3.05, 3.63) is 40.1 Å². The second kappa shape index (κ2) is 6.71. The van der Waals surface area contributed by atoms with Crippen LogP contribution in [0.2, 0.25) is 0 Å². The summed E-state index contributed by atoms with van der Waals surface area (Å²) < 4.78 is 25.7. The molecule has 1 amide bonds. The number of hydrogen-bond donors (Lipinski definition) is 3. The number of rotatable bonds is 5. The summed E-state index contributed by atoms with van der Waals surface area (Å²) in [6.07, 6.45) is 1.05. The lowest BCUT2D eigenvalue weighted by atomic mass is 10.1. The number of anilines is 2. The van der Waals surface area contributed by atoms with E-state index in [1.54, 1.807) is 24.3 Å². The SMILES string of the molecule is CC(C)c1[nH]nc(C(=O)Nc2ccccc2NS(C)(=O)=O)c1Br. The zero-order valence-electron chi connectivity index (χ0n) is 12.8. The summed E-state index contributed by atoms with van der Waals surface area (Å²) >= 11 is 3.37. The second-order valence-corrected chi connectivity index (χ2v) is 7.87. The molecule has 0 aliphatic carbocycles. The molecule has 0 unspecified atom stereocenters. The van der Waals surface area contributed by atoms with Crippen molar-refractivity contribution in [1.82, 2.24) is 10.2 Å². The molecule has 3 N–H and O–H groups in total. The first kappa shape index (κ1) is 17.5. The molecule has 0 atom stereocenters. The summed E-state index contributed by atoms with van der Waals surface area (Å²) in [6, 6.07) is 6.54. The molecule has 0 aliphatic rings. The summed E-state index contributed by atoms with van der Waals surface area (Å²) in [6.45, 7) is 3.95. The Morgan fingerprint density at radius 3 is 2.39 bits per heavy atom. The van der Waals surface area contributed by atoms with Crippen molar-refractivity contribution in [2.45, 2.75) is 19.8 Å². The number of benzene rings is 1. The lowest BCUT2D eigenvalue weighted by molar-refractivity contribution is 0.102. The first-order chi connectivity index (χ1) is 10.7. The molecule has 1 heterocycles. The highest BCUT2D eigenvalue weighted by Gasteiger charge is 2.20. The van der Waals surface area contributed by atoms with Crippen LogP contribution in [0.4, 0.5) is 11.4 Å². The molecule has 7 nitrogen and oxygen atoms in total. The number of hydrogen-bond acceptors (Lipinski definition) is 4. The van der Waals surface area contributed by atoms with Crippen molar-refractivity contribution < 1.29 is 13.2 Å². The number of aromatic amines is 1. The first-order valence-corrected chi connectivity index (χ1v) is 9.49. The van der Waals surface area contributed by atoms with Gasteiger partial charge in [0.1, 0.15) is 0 Å². The molecule has 0 bridgehead atoms. The molecule has 2 aromatic rings. The van der Waals surface area contributed by atoms with Crippen LogP contribution in [0.5, 0.6) is 0 Å². The van der Waals surface area contributed by atoms with Gasteiger partial charge in [-0.15, -0.1) is 0 Å². The Bertz CT molecular complexity index is 830. The van der Waals surface area contributed by atoms with E-state index in [1.165, 1.54) is 0 Å². The number of nitrogens with zero attached hydrogens (tertiary/aromatic N) is 1. The molecular weight excluding hydrogens is 384 g/mol. The monoisotopic (exact) mass is 400 g/mol. The number of carbonyl (C=O) groups excluding carboxylic acids is 1. The molecule has 0 spiro atoms. The number of para-hydroxylation sites is 2. The van der Waals surface area contributed by atoms with E-state index in [-0.39, 0.29) is 11.6 Å². The average molecular weight is 401 g/mol. The largest absolute Gasteiger partial charge is 0.319 e. The Morgan fingerprint density at radius 2 is 1.87 bits per heavy atom. The number of nitrogens with one attached hydrogen (secondary N) is 3. The number of sulfonamides is 1. The van der Waals surface area contributed by atoms with Crippen molar-refractivity contribution in [2.24, 2.45) is 0 Å². The van der Waals surface area contributed by atoms with Crippen LogP contribution in [-0.4, -0.2) is 30.8 Å². The Hall–Kier alpha value is -1.87. The summed E-state index contributed by atoms with van der Waals surface area (Å²) in [5.41, 5.74) is 1.67. The predicted molar refractivity (Wildman–Crippen MR) is 93.2 cm³/mol. The summed E-state index contributed by atoms with van der Waals surface area (Å²) in [5, 5.41) is 9.50. The van der Waals surface area contributed by atoms with Crippen molar-refractivity contribution in [3.63, 3.8) is 0 Å². The van der Waals surface area contributed by atoms with Gasteiger partial charge >= 0.3 is 0 Å². The van der Waals surface area contributed by atoms with E-state index in [9.17, 15) is 13.2 Å². The van der Waals surface area contributed by atoms with Crippen LogP contribution < -0.4 is 10.0 Å². The number of aromatic nitrogens is 2. The maximum atomic E-state index is 12.4. The fourth-order valence-corrected chi connectivity index (χ4v) is 3.33. The molecule has 0 saturated heterocycles. The van der Waals surface area contributed by atoms with Gasteiger partial charge in [-0.05, 0) is 34.0 Å². The third-order valence-corrected chi connectivity index (χ3v) is 4.39. The summed E-state index contributed by atoms with van der Waals surface area (Å²) in [4.78, 5) is 12.4. The van der Waals surface area contributed by atoms with Crippen LogP contribution in [0.25, 0.3) is 0 Å². The van der Waals surface area contributed by atoms with E-state index in [0.29, 0.717) is 15.8 Å². The fraction of sp³-hybridized carbons (Fsp3) is 0.286. The predicted octanol–water partition coefficient (Wildman–Crippen LogP) is 2.92. The van der Waals surface area contributed by atoms with Crippen molar-refractivity contribution in [3.8, 4) is 0 Å². The van der Waals surface area contributed by atoms with Gasteiger partial charge in [0.2, 0.25) is 10.0 Å². The first-order valence-electron chi connectivity index (χ1n) is 6.81. The van der Waals surface area contributed by atoms with Gasteiger partial charge in [0.05, 0.1) is 27.8 Å². The van der Waals surface area contributed by atoms with Crippen molar-refractivity contribution in [1.29, 1.82) is 0 Å². The maximum Gasteiger partial charge on any atom is 0.277 e. The van der Waals surface area contributed by atoms with E-state index < -0.39 is 15.9 Å². The van der Waals surface area contributed by atoms with Gasteiger partial charge in [0, 0.05) is 0 Å². The van der Waals surface area contributed by atoms with Crippen LogP contribution in [0, 0.1) is 0 Å². The molecule has 124 valence electrons. The van der Waals surface area contributed by atoms with Crippen LogP contribution in [-0.2, 0) is 10.0 Å². The Morgan fingerprint density at radius 1 is 1.26 bits per heavy atom. The highest BCUT2D eigenvalue weighted by molar-refractivity contribution is 9.10. The minimum absolute atomic E-state index is 0.178. The zero-order valence-corrected chi connectivity index (χ0v) is 15.2. The maximum absolute atomic E-state index is 12.4. The number of carbonyl (C=O) groups is 1. The van der Waals surface area contributed by atoms with Gasteiger partial charge in [-0.3, -0.25) is 14.6 Å². The summed E-state index contributed by atoms with van der Waals surface area (Å²) in [7, 11) is -3.45. The van der Waals surface area contributed by atoms with Gasteiger partial charge < -0.3 is 5.32 Å². The van der Waals surface area contributed by atoms with E-state index in [2.05, 4.69) is 36.2 Å². The minimum Gasteiger partial charge on any atom is -0.319 e. The molecule has 0 radical (unpaired) electrons. The zero-order chi connectivity index (χ0) is 17.2. The Kier molecular flexibility index (Phi) is 5.10. The van der Waals surface area contributed by atoms with Crippen LogP contribution in [0.3, 0.4) is 0 Å². The van der Waals surface area contributed by atoms with Gasteiger partial charge in [-0.1, -0.05) is 26.0 Å². The van der Waals surface area contributed by atoms with Gasteiger partial charge in [0.25, 0.3) is 5.91 Å². The molecule has 0 saturated carbocycles. The van der Waals surface area contributed by atoms with Gasteiger partial charge in [-0.2, -0.15) is 5.10 Å². The standard InChI is InChI=1S/C14H17BrN4O3S/c1-8(2)12-11(15)13(18-17-12)14(20)16-9-6-4-5-7-10(9)19-23(3,21)22/h4-8,19H,1-3H3,(H,16,20)(H,17,18). The van der Waals surface area contributed by atoms with Crippen molar-refractivity contribution >= 4 is 43.2 Å². The number of halogens is 1. The molecule has 23 heavy (non-hydrogen) atoms. The quantitative estimate of drug-likeness (QED) is 0.717. The topological polar surface area (TPSA) is 104 Å². The highest BCUT2D eigenvalue weighted by atomic mass is 79.9. The molecule has 1 aromatic carbocycles. The lowest BCUT2D eigenvalue weighted by Gasteiger charge is -2.11. The number of amides is 1. The number of H-pyrrole nitrogens is 1. The highest BCUT2D eigenvalue weighted by Crippen LogP contribution is 2.27. The second-order valence-electron chi connectivity index (χ2n) is 5.33. The molecule has 0 fully saturated rings. The van der Waals surface area contributed by atoms with Gasteiger partial charge in [-0.25, -0.2) is 8.42 Å². The summed E-state index contributed by atoms with van der Waals surface area (Å²) in [5.74, 6) is -0.264. The third-order valence-electron chi connectivity index (χ3n) is 3.00. The smallest absolute Gasteiger partial charge is 0.277 e. The van der Waals surface area contributed by atoms with E-state index >= 15 is 0 Å². The van der Waals surface area contributed by atoms with E-state index in [0.717, 1.165) is 11.9 Å². The molecule has 9 heteroatoms. The van der Waals surface area contributed by atoms with Crippen molar-refractivity contribution in [2.75, 3.05) is 16.3 Å². The third kappa shape index (κ3) is 4.32. The Labute approximate surface area is 143 Å². The normalized spacial score (nSPS) is 11.5. The molecule has 0 aliphatic heterocycles. The fourth-order valence-electron chi connectivity index (χ4n) is 1.94. The lowest BCUT2D eigenvalue weighted by Crippen LogP contribution is -2.16. The van der Waals surface area contributed by atoms with Crippen LogP contribution in [0.1, 0.15) is 35.9 Å². The van der Waals surface area contributed by atoms with Gasteiger partial charge in [0.15, 0.2) is 5.69 Å². The van der Waals surface area contributed by atoms with E-state index in [1.807, 2.05) is 13.8 Å². The Balaban J connectivity index is 2.28.